The minimum Gasteiger partial charge on any atom is -0.489 e. The molecule has 1 N–H and O–H groups in total. The second-order valence-electron chi connectivity index (χ2n) is 5.80. The Kier molecular flexibility index (Phi) is 6.06. The van der Waals surface area contributed by atoms with Crippen LogP contribution in [-0.2, 0) is 6.61 Å². The third kappa shape index (κ3) is 4.68. The Labute approximate surface area is 161 Å². The van der Waals surface area contributed by atoms with Crippen LogP contribution >= 0.6 is 0 Å². The lowest BCUT2D eigenvalue weighted by atomic mass is 10.2. The highest BCUT2D eigenvalue weighted by molar-refractivity contribution is 5.80. The van der Waals surface area contributed by atoms with Gasteiger partial charge in [0, 0.05) is 0 Å². The van der Waals surface area contributed by atoms with E-state index in [4.69, 9.17) is 4.74 Å². The lowest BCUT2D eigenvalue weighted by molar-refractivity contribution is 0.305. The minimum absolute atomic E-state index is 0.146. The molecule has 3 rings (SSSR count). The molecule has 0 amide bonds. The van der Waals surface area contributed by atoms with Crippen LogP contribution in [0, 0.1) is 34.9 Å². The van der Waals surface area contributed by atoms with Gasteiger partial charge >= 0.3 is 0 Å². The predicted octanol–water partition coefficient (Wildman–Crippen LogP) is 5.55. The Morgan fingerprint density at radius 3 is 2.03 bits per heavy atom. The fraction of sp³-hybridized carbons (Fsp3) is 0.0500. The van der Waals surface area contributed by atoms with Crippen molar-refractivity contribution in [3.05, 3.63) is 94.6 Å². The summed E-state index contributed by atoms with van der Waals surface area (Å²) in [7, 11) is 0. The highest BCUT2D eigenvalue weighted by atomic mass is 19.2. The van der Waals surface area contributed by atoms with Crippen LogP contribution in [0.1, 0.15) is 11.1 Å². The first-order chi connectivity index (χ1) is 13.9. The number of halogens is 6. The highest BCUT2D eigenvalue weighted by Crippen LogP contribution is 2.27. The molecule has 0 heterocycles. The quantitative estimate of drug-likeness (QED) is 0.190. The first-order valence-electron chi connectivity index (χ1n) is 8.14. The average molecular weight is 410 g/mol. The van der Waals surface area contributed by atoms with Crippen LogP contribution in [-0.4, -0.2) is 6.21 Å². The van der Waals surface area contributed by atoms with Crippen molar-refractivity contribution in [3.8, 4) is 5.75 Å². The standard InChI is InChI=1S/C20H12F6N2O/c21-13-3-1-2-12(8-13)10-29-14-6-4-11(5-7-14)9-27-28-20-18(25)16(23)15(22)17(24)19(20)26/h1-9,28H,10H2. The first kappa shape index (κ1) is 20.2. The summed E-state index contributed by atoms with van der Waals surface area (Å²) in [6, 6.07) is 12.2. The number of nitrogens with zero attached hydrogens (tertiary/aromatic N) is 1. The van der Waals surface area contributed by atoms with Crippen LogP contribution in [0.5, 0.6) is 5.75 Å². The number of ether oxygens (including phenoxy) is 1. The summed E-state index contributed by atoms with van der Waals surface area (Å²) in [5, 5.41) is 3.49. The predicted molar refractivity (Wildman–Crippen MR) is 94.6 cm³/mol. The topological polar surface area (TPSA) is 33.6 Å². The molecule has 0 aliphatic heterocycles. The van der Waals surface area contributed by atoms with Crippen molar-refractivity contribution in [2.24, 2.45) is 5.10 Å². The van der Waals surface area contributed by atoms with Crippen molar-refractivity contribution in [1.29, 1.82) is 0 Å². The zero-order chi connectivity index (χ0) is 21.0. The molecular formula is C20H12F6N2O. The molecule has 0 unspecified atom stereocenters. The van der Waals surface area contributed by atoms with E-state index < -0.39 is 34.8 Å². The summed E-state index contributed by atoms with van der Waals surface area (Å²) in [5.41, 5.74) is 1.65. The van der Waals surface area contributed by atoms with E-state index in [0.29, 0.717) is 16.9 Å². The third-order valence-corrected chi connectivity index (χ3v) is 3.77. The molecule has 3 aromatic rings. The van der Waals surface area contributed by atoms with Gasteiger partial charge < -0.3 is 4.74 Å². The summed E-state index contributed by atoms with van der Waals surface area (Å²) in [6.07, 6.45) is 1.12. The molecule has 0 saturated heterocycles. The average Bonchev–Trinajstić information content (AvgIpc) is 2.73. The monoisotopic (exact) mass is 410 g/mol. The van der Waals surface area contributed by atoms with Gasteiger partial charge in [-0.3, -0.25) is 5.43 Å². The van der Waals surface area contributed by atoms with E-state index in [1.807, 2.05) is 5.43 Å². The van der Waals surface area contributed by atoms with Gasteiger partial charge in [-0.1, -0.05) is 12.1 Å². The number of hydrogen-bond donors (Lipinski definition) is 1. The summed E-state index contributed by atoms with van der Waals surface area (Å²) >= 11 is 0. The zero-order valence-electron chi connectivity index (χ0n) is 14.5. The summed E-state index contributed by atoms with van der Waals surface area (Å²) in [5.74, 6) is -10.3. The number of hydrogen-bond acceptors (Lipinski definition) is 3. The molecule has 0 fully saturated rings. The lowest BCUT2D eigenvalue weighted by Crippen LogP contribution is -2.06. The molecule has 0 aliphatic carbocycles. The van der Waals surface area contributed by atoms with Crippen LogP contribution in [0.4, 0.5) is 32.0 Å². The lowest BCUT2D eigenvalue weighted by Gasteiger charge is -2.07. The Morgan fingerprint density at radius 1 is 0.793 bits per heavy atom. The van der Waals surface area contributed by atoms with Gasteiger partial charge in [0.2, 0.25) is 5.82 Å². The van der Waals surface area contributed by atoms with Crippen LogP contribution in [0.25, 0.3) is 0 Å². The normalized spacial score (nSPS) is 11.1. The van der Waals surface area contributed by atoms with E-state index in [9.17, 15) is 26.3 Å². The molecule has 0 radical (unpaired) electrons. The molecule has 0 spiro atoms. The van der Waals surface area contributed by atoms with Gasteiger partial charge in [0.05, 0.1) is 6.21 Å². The minimum atomic E-state index is -2.25. The van der Waals surface area contributed by atoms with E-state index in [0.717, 1.165) is 6.21 Å². The Hall–Kier alpha value is -3.49. The van der Waals surface area contributed by atoms with Crippen molar-refractivity contribution in [3.63, 3.8) is 0 Å². The molecule has 9 heteroatoms. The largest absolute Gasteiger partial charge is 0.489 e. The van der Waals surface area contributed by atoms with Crippen molar-refractivity contribution < 1.29 is 31.1 Å². The van der Waals surface area contributed by atoms with Crippen molar-refractivity contribution in [2.45, 2.75) is 6.61 Å². The summed E-state index contributed by atoms with van der Waals surface area (Å²) < 4.78 is 84.9. The van der Waals surface area contributed by atoms with Gasteiger partial charge in [0.1, 0.15) is 23.9 Å². The maximum atomic E-state index is 13.5. The van der Waals surface area contributed by atoms with Crippen LogP contribution in [0.15, 0.2) is 53.6 Å². The zero-order valence-corrected chi connectivity index (χ0v) is 14.5. The Balaban J connectivity index is 1.64. The van der Waals surface area contributed by atoms with Crippen molar-refractivity contribution >= 4 is 11.9 Å². The molecule has 0 saturated carbocycles. The Morgan fingerprint density at radius 2 is 1.41 bits per heavy atom. The highest BCUT2D eigenvalue weighted by Gasteiger charge is 2.25. The fourth-order valence-electron chi connectivity index (χ4n) is 2.32. The second-order valence-corrected chi connectivity index (χ2v) is 5.80. The van der Waals surface area contributed by atoms with E-state index >= 15 is 0 Å². The fourth-order valence-corrected chi connectivity index (χ4v) is 2.32. The maximum absolute atomic E-state index is 13.5. The number of nitrogens with one attached hydrogen (secondary N) is 1. The molecule has 29 heavy (non-hydrogen) atoms. The van der Waals surface area contributed by atoms with Crippen molar-refractivity contribution in [2.75, 3.05) is 5.43 Å². The smallest absolute Gasteiger partial charge is 0.200 e. The summed E-state index contributed by atoms with van der Waals surface area (Å²) in [6.45, 7) is 0.146. The van der Waals surface area contributed by atoms with E-state index in [2.05, 4.69) is 5.10 Å². The molecule has 0 aliphatic rings. The molecule has 150 valence electrons. The van der Waals surface area contributed by atoms with Gasteiger partial charge in [0.15, 0.2) is 23.3 Å². The van der Waals surface area contributed by atoms with Gasteiger partial charge in [-0.05, 0) is 47.5 Å². The first-order valence-corrected chi connectivity index (χ1v) is 8.14. The van der Waals surface area contributed by atoms with E-state index in [1.165, 1.54) is 12.1 Å². The van der Waals surface area contributed by atoms with Gasteiger partial charge in [-0.25, -0.2) is 26.3 Å². The molecule has 3 aromatic carbocycles. The molecular weight excluding hydrogens is 398 g/mol. The van der Waals surface area contributed by atoms with Crippen LogP contribution in [0.3, 0.4) is 0 Å². The molecule has 0 atom stereocenters. The van der Waals surface area contributed by atoms with Gasteiger partial charge in [-0.2, -0.15) is 5.10 Å². The van der Waals surface area contributed by atoms with Gasteiger partial charge in [-0.15, -0.1) is 0 Å². The molecule has 0 bridgehead atoms. The second kappa shape index (κ2) is 8.68. The number of anilines is 1. The Bertz CT molecular complexity index is 1020. The van der Waals surface area contributed by atoms with E-state index in [-0.39, 0.29) is 12.4 Å². The molecule has 0 aromatic heterocycles. The van der Waals surface area contributed by atoms with Crippen molar-refractivity contribution in [1.82, 2.24) is 0 Å². The molecule has 3 nitrogen and oxygen atoms in total. The van der Waals surface area contributed by atoms with Gasteiger partial charge in [0.25, 0.3) is 0 Å². The number of rotatable bonds is 6. The number of benzene rings is 3. The maximum Gasteiger partial charge on any atom is 0.200 e. The SMILES string of the molecule is Fc1cccc(COc2ccc(C=NNc3c(F)c(F)c(F)c(F)c3F)cc2)c1. The van der Waals surface area contributed by atoms with E-state index in [1.54, 1.807) is 36.4 Å². The van der Waals surface area contributed by atoms with Crippen LogP contribution in [0.2, 0.25) is 0 Å². The number of hydrazone groups is 1. The third-order valence-electron chi connectivity index (χ3n) is 3.77. The van der Waals surface area contributed by atoms with Crippen LogP contribution < -0.4 is 10.2 Å². The summed E-state index contributed by atoms with van der Waals surface area (Å²) in [4.78, 5) is 0.